The summed E-state index contributed by atoms with van der Waals surface area (Å²) in [6.07, 6.45) is 12.6. The van der Waals surface area contributed by atoms with Gasteiger partial charge < -0.3 is 65.1 Å². The van der Waals surface area contributed by atoms with Crippen molar-refractivity contribution in [3.63, 3.8) is 0 Å². The van der Waals surface area contributed by atoms with Crippen LogP contribution in [0.2, 0.25) is 0 Å². The van der Waals surface area contributed by atoms with Crippen molar-refractivity contribution in [2.24, 2.45) is 0 Å². The van der Waals surface area contributed by atoms with Crippen LogP contribution in [0.15, 0.2) is 24.3 Å². The van der Waals surface area contributed by atoms with Crippen LogP contribution in [0.5, 0.6) is 0 Å². The molecular formula is C42H77NO13. The van der Waals surface area contributed by atoms with Crippen LogP contribution in [-0.4, -0.2) is 140 Å². The Morgan fingerprint density at radius 1 is 0.625 bits per heavy atom. The lowest BCUT2D eigenvalue weighted by Gasteiger charge is -2.46. The minimum atomic E-state index is -1.79. The minimum Gasteiger partial charge on any atom is -0.394 e. The summed E-state index contributed by atoms with van der Waals surface area (Å²) in [6.45, 7) is 2.65. The molecule has 2 saturated heterocycles. The summed E-state index contributed by atoms with van der Waals surface area (Å²) in [5.74, 6) is -0.254. The largest absolute Gasteiger partial charge is 0.394 e. The van der Waals surface area contributed by atoms with E-state index in [1.165, 1.54) is 64.2 Å². The average molecular weight is 804 g/mol. The third-order valence-corrected chi connectivity index (χ3v) is 10.6. The van der Waals surface area contributed by atoms with Gasteiger partial charge in [0, 0.05) is 6.42 Å². The van der Waals surface area contributed by atoms with Crippen LogP contribution in [-0.2, 0) is 23.7 Å². The molecule has 0 aromatic heterocycles. The van der Waals surface area contributed by atoms with E-state index >= 15 is 0 Å². The van der Waals surface area contributed by atoms with Gasteiger partial charge in [0.05, 0.1) is 32.0 Å². The lowest BCUT2D eigenvalue weighted by Crippen LogP contribution is -2.65. The molecule has 328 valence electrons. The third-order valence-electron chi connectivity index (χ3n) is 10.6. The number of allylic oxidation sites excluding steroid dienone is 3. The molecule has 0 spiro atoms. The number of carbonyl (C=O) groups is 1. The number of aliphatic hydroxyl groups is 8. The third kappa shape index (κ3) is 19.0. The Bertz CT molecular complexity index is 1050. The molecule has 0 saturated carbocycles. The molecule has 1 amide bonds. The molecule has 2 aliphatic heterocycles. The van der Waals surface area contributed by atoms with Crippen molar-refractivity contribution in [1.29, 1.82) is 0 Å². The second kappa shape index (κ2) is 30.5. The molecule has 12 unspecified atom stereocenters. The fraction of sp³-hybridized carbons (Fsp3) is 0.881. The Balaban J connectivity index is 1.90. The van der Waals surface area contributed by atoms with Crippen LogP contribution in [0.3, 0.4) is 0 Å². The number of unbranched alkanes of at least 4 members (excludes halogenated alkanes) is 16. The van der Waals surface area contributed by atoms with Crippen molar-refractivity contribution >= 4 is 5.91 Å². The lowest BCUT2D eigenvalue weighted by atomic mass is 9.97. The number of amides is 1. The van der Waals surface area contributed by atoms with E-state index in [0.717, 1.165) is 44.9 Å². The molecule has 0 aromatic carbocycles. The standard InChI is InChI=1S/C42H77NO13/c1-3-5-7-9-11-13-14-15-16-17-18-20-22-24-26-34(47)43-30(31(46)25-23-21-19-12-10-8-6-4-2)29-53-41-39(52)37(50)40(33(28-45)55-41)56-42-38(51)36(49)35(48)32(27-44)54-42/h10,12,23,25,30-33,35-42,44-46,48-52H,3-9,11,13-22,24,26-29H2,1-2H3,(H,43,47)/b12-10+,25-23+. The van der Waals surface area contributed by atoms with Gasteiger partial charge in [0.1, 0.15) is 48.8 Å². The maximum absolute atomic E-state index is 13.0. The van der Waals surface area contributed by atoms with Gasteiger partial charge >= 0.3 is 0 Å². The Morgan fingerprint density at radius 2 is 1.14 bits per heavy atom. The Labute approximate surface area is 335 Å². The van der Waals surface area contributed by atoms with E-state index < -0.39 is 86.8 Å². The second-order valence-electron chi connectivity index (χ2n) is 15.5. The SMILES string of the molecule is CCCC/C=C/CC/C=C/C(O)C(COC1OC(CO)C(OC2OC(CO)C(O)C(O)C2O)C(O)C1O)NC(=O)CCCCCCCCCCCCCCCC. The Kier molecular flexibility index (Phi) is 27.6. The summed E-state index contributed by atoms with van der Waals surface area (Å²) in [7, 11) is 0. The van der Waals surface area contributed by atoms with Crippen LogP contribution < -0.4 is 5.32 Å². The number of ether oxygens (including phenoxy) is 4. The molecule has 2 fully saturated rings. The van der Waals surface area contributed by atoms with Gasteiger partial charge in [0.25, 0.3) is 0 Å². The molecule has 56 heavy (non-hydrogen) atoms. The topological polar surface area (TPSA) is 228 Å². The van der Waals surface area contributed by atoms with E-state index in [1.807, 2.05) is 6.08 Å². The molecule has 0 aliphatic carbocycles. The summed E-state index contributed by atoms with van der Waals surface area (Å²) in [5.41, 5.74) is 0. The predicted octanol–water partition coefficient (Wildman–Crippen LogP) is 3.43. The first-order chi connectivity index (χ1) is 27.1. The fourth-order valence-electron chi connectivity index (χ4n) is 7.00. The highest BCUT2D eigenvalue weighted by atomic mass is 16.7. The summed E-state index contributed by atoms with van der Waals surface area (Å²) in [5, 5.41) is 86.1. The molecule has 9 N–H and O–H groups in total. The number of hydrogen-bond donors (Lipinski definition) is 9. The van der Waals surface area contributed by atoms with Gasteiger partial charge in [0.2, 0.25) is 5.91 Å². The van der Waals surface area contributed by atoms with E-state index in [9.17, 15) is 45.6 Å². The van der Waals surface area contributed by atoms with Crippen molar-refractivity contribution in [2.75, 3.05) is 19.8 Å². The van der Waals surface area contributed by atoms with Crippen molar-refractivity contribution in [3.8, 4) is 0 Å². The summed E-state index contributed by atoms with van der Waals surface area (Å²) in [4.78, 5) is 13.0. The first-order valence-electron chi connectivity index (χ1n) is 21.6. The fourth-order valence-corrected chi connectivity index (χ4v) is 7.00. The zero-order valence-corrected chi connectivity index (χ0v) is 34.1. The van der Waals surface area contributed by atoms with Crippen LogP contribution >= 0.6 is 0 Å². The van der Waals surface area contributed by atoms with Crippen molar-refractivity contribution < 1.29 is 64.6 Å². The van der Waals surface area contributed by atoms with Gasteiger partial charge in [-0.1, -0.05) is 134 Å². The van der Waals surface area contributed by atoms with E-state index in [2.05, 4.69) is 31.3 Å². The molecule has 14 nitrogen and oxygen atoms in total. The molecular weight excluding hydrogens is 726 g/mol. The highest BCUT2D eigenvalue weighted by molar-refractivity contribution is 5.76. The highest BCUT2D eigenvalue weighted by Gasteiger charge is 2.50. The van der Waals surface area contributed by atoms with Gasteiger partial charge in [0.15, 0.2) is 12.6 Å². The minimum absolute atomic E-state index is 0.254. The summed E-state index contributed by atoms with van der Waals surface area (Å²) in [6, 6.07) is -0.922. The smallest absolute Gasteiger partial charge is 0.220 e. The molecule has 0 aromatic rings. The van der Waals surface area contributed by atoms with E-state index in [-0.39, 0.29) is 18.9 Å². The van der Waals surface area contributed by atoms with E-state index in [0.29, 0.717) is 12.8 Å². The van der Waals surface area contributed by atoms with Gasteiger partial charge in [-0.2, -0.15) is 0 Å². The van der Waals surface area contributed by atoms with Crippen LogP contribution in [0.4, 0.5) is 0 Å². The van der Waals surface area contributed by atoms with E-state index in [4.69, 9.17) is 18.9 Å². The number of carbonyl (C=O) groups excluding carboxylic acids is 1. The molecule has 0 radical (unpaired) electrons. The number of hydrogen-bond acceptors (Lipinski definition) is 13. The number of nitrogens with one attached hydrogen (secondary N) is 1. The Hall–Kier alpha value is -1.53. The van der Waals surface area contributed by atoms with Crippen molar-refractivity contribution in [2.45, 2.75) is 216 Å². The average Bonchev–Trinajstić information content (AvgIpc) is 3.19. The molecule has 2 rings (SSSR count). The maximum Gasteiger partial charge on any atom is 0.220 e. The Morgan fingerprint density at radius 3 is 1.73 bits per heavy atom. The van der Waals surface area contributed by atoms with Gasteiger partial charge in [-0.05, 0) is 25.7 Å². The highest BCUT2D eigenvalue weighted by Crippen LogP contribution is 2.30. The summed E-state index contributed by atoms with van der Waals surface area (Å²) < 4.78 is 22.5. The molecule has 2 aliphatic rings. The van der Waals surface area contributed by atoms with Crippen molar-refractivity contribution in [1.82, 2.24) is 5.32 Å². The normalized spacial score (nSPS) is 29.6. The van der Waals surface area contributed by atoms with Crippen molar-refractivity contribution in [3.05, 3.63) is 24.3 Å². The first kappa shape index (κ1) is 50.6. The van der Waals surface area contributed by atoms with Gasteiger partial charge in [-0.15, -0.1) is 0 Å². The maximum atomic E-state index is 13.0. The molecule has 12 atom stereocenters. The number of rotatable bonds is 31. The summed E-state index contributed by atoms with van der Waals surface area (Å²) >= 11 is 0. The first-order valence-corrected chi connectivity index (χ1v) is 21.6. The quantitative estimate of drug-likeness (QED) is 0.0362. The predicted molar refractivity (Wildman–Crippen MR) is 212 cm³/mol. The monoisotopic (exact) mass is 804 g/mol. The lowest BCUT2D eigenvalue weighted by molar-refractivity contribution is -0.359. The van der Waals surface area contributed by atoms with Gasteiger partial charge in [-0.25, -0.2) is 0 Å². The zero-order chi connectivity index (χ0) is 41.1. The molecule has 0 bridgehead atoms. The van der Waals surface area contributed by atoms with Crippen LogP contribution in [0.1, 0.15) is 142 Å². The van der Waals surface area contributed by atoms with Gasteiger partial charge in [-0.3, -0.25) is 4.79 Å². The molecule has 14 heteroatoms. The number of aliphatic hydroxyl groups excluding tert-OH is 8. The molecule has 2 heterocycles. The van der Waals surface area contributed by atoms with Crippen LogP contribution in [0.25, 0.3) is 0 Å². The van der Waals surface area contributed by atoms with Crippen LogP contribution in [0, 0.1) is 0 Å². The second-order valence-corrected chi connectivity index (χ2v) is 15.5. The van der Waals surface area contributed by atoms with E-state index in [1.54, 1.807) is 6.08 Å². The zero-order valence-electron chi connectivity index (χ0n) is 34.1.